The Labute approximate surface area is 639 Å². The van der Waals surface area contributed by atoms with E-state index in [0.29, 0.717) is 0 Å². The first-order valence-electron chi connectivity index (χ1n) is 39.1. The van der Waals surface area contributed by atoms with E-state index in [2.05, 4.69) is 201 Å². The van der Waals surface area contributed by atoms with Crippen molar-refractivity contribution in [1.29, 1.82) is 0 Å². The summed E-state index contributed by atoms with van der Waals surface area (Å²) in [6.45, 7) is 9.28. The van der Waals surface area contributed by atoms with Crippen LogP contribution in [0.4, 0.5) is 0 Å². The highest BCUT2D eigenvalue weighted by atomic mass is 32.1. The highest BCUT2D eigenvalue weighted by Gasteiger charge is 2.54. The summed E-state index contributed by atoms with van der Waals surface area (Å²) in [7, 11) is 0. The Kier molecular flexibility index (Phi) is 22.0. The maximum Gasteiger partial charge on any atom is 0.114 e. The van der Waals surface area contributed by atoms with E-state index in [4.69, 9.17) is 13.1 Å². The molecule has 0 unspecified atom stereocenters. The molecule has 0 saturated carbocycles. The molecule has 16 rings (SSSR count). The topological polar surface area (TPSA) is 51.6 Å². The Hall–Kier alpha value is -6.80. The minimum absolute atomic E-state index is 0.555. The van der Waals surface area contributed by atoms with Gasteiger partial charge in [0.15, 0.2) is 0 Å². The molecule has 11 heteroatoms. The quantitative estimate of drug-likeness (QED) is 0.0372. The third-order valence-corrected chi connectivity index (χ3v) is 29.7. The van der Waals surface area contributed by atoms with Crippen molar-refractivity contribution in [3.8, 4) is 52.2 Å². The molecule has 7 heterocycles. The molecule has 103 heavy (non-hydrogen) atoms. The lowest BCUT2D eigenvalue weighted by molar-refractivity contribution is 0.607. The molecule has 526 valence electrons. The van der Waals surface area contributed by atoms with E-state index in [-0.39, 0.29) is 0 Å². The van der Waals surface area contributed by atoms with Gasteiger partial charge in [0.05, 0.1) is 43.7 Å². The largest absolute Gasteiger partial charge is 0.173 e. The van der Waals surface area contributed by atoms with E-state index in [0.717, 1.165) is 64.4 Å². The summed E-state index contributed by atoms with van der Waals surface area (Å²) in [5.41, 5.74) is 25.8. The fraction of sp³-hybridized carbons (Fsp3) is 0.370. The molecule has 0 radical (unpaired) electrons. The van der Waals surface area contributed by atoms with Gasteiger partial charge in [-0.2, -0.15) is 17.5 Å². The lowest BCUT2D eigenvalue weighted by atomic mass is 9.65. The van der Waals surface area contributed by atoms with Crippen molar-refractivity contribution >= 4 is 121 Å². The van der Waals surface area contributed by atoms with E-state index in [1.807, 2.05) is 45.3 Å². The normalized spacial score (nSPS) is 13.5. The molecule has 0 bridgehead atoms. The molecule has 0 fully saturated rings. The van der Waals surface area contributed by atoms with Crippen LogP contribution in [0.2, 0.25) is 0 Å². The number of hydrogen-bond acceptors (Lipinski definition) is 11. The monoisotopic (exact) mass is 1480 g/mol. The Bertz CT molecular complexity index is 5060. The average Bonchev–Trinajstić information content (AvgIpc) is 1.50. The van der Waals surface area contributed by atoms with Gasteiger partial charge in [-0.05, 0) is 166 Å². The van der Waals surface area contributed by atoms with Gasteiger partial charge in [0, 0.05) is 61.6 Å². The van der Waals surface area contributed by atoms with Crippen molar-refractivity contribution < 1.29 is 0 Å². The van der Waals surface area contributed by atoms with Crippen LogP contribution in [0.5, 0.6) is 0 Å². The molecular weight excluding hydrogens is 1390 g/mol. The molecule has 0 aliphatic heterocycles. The number of fused-ring (bicyclic) bond motifs is 12. The molecule has 0 N–H and O–H groups in total. The first-order chi connectivity index (χ1) is 50.9. The maximum atomic E-state index is 5.18. The van der Waals surface area contributed by atoms with Crippen molar-refractivity contribution in [3.05, 3.63) is 236 Å². The predicted molar refractivity (Wildman–Crippen MR) is 452 cm³/mol. The molecule has 7 aromatic carbocycles. The van der Waals surface area contributed by atoms with Gasteiger partial charge in [-0.3, -0.25) is 0 Å². The average molecular weight is 1480 g/mol. The molecule has 7 aromatic heterocycles. The number of benzene rings is 7. The number of unbranched alkanes of at least 4 members (excludes halogenated alkanes) is 20. The Morgan fingerprint density at radius 1 is 0.301 bits per heavy atom. The van der Waals surface area contributed by atoms with Gasteiger partial charge < -0.3 is 0 Å². The van der Waals surface area contributed by atoms with Crippen LogP contribution in [0, 0.1) is 0 Å². The minimum atomic E-state index is -0.634. The Morgan fingerprint density at radius 3 is 1.15 bits per heavy atom. The van der Waals surface area contributed by atoms with E-state index in [1.54, 1.807) is 11.3 Å². The molecule has 2 aliphatic rings. The SMILES string of the molecule is CCCCCCCCc1ccc(C2(c3ccc(CCCCCCCC)cc3)c3cc4c(cc3-c3sc5ccsc5c32)C(c2ccc(CCCCCCCC)cc2)(c2ccc(CCCCCCCC)cc2)c2c-4sc3cc(-c4ccc(-c5ccc(-c6cccc7nsnc67)s5)c5nsnc45)sc23)cc1. The third-order valence-electron chi connectivity index (χ3n) is 22.8. The summed E-state index contributed by atoms with van der Waals surface area (Å²) in [6, 6.07) is 66.4. The summed E-state index contributed by atoms with van der Waals surface area (Å²) >= 11 is 12.4. The van der Waals surface area contributed by atoms with Gasteiger partial charge in [0.2, 0.25) is 0 Å². The molecule has 0 spiro atoms. The van der Waals surface area contributed by atoms with Gasteiger partial charge in [0.25, 0.3) is 0 Å². The van der Waals surface area contributed by atoms with Crippen LogP contribution in [0.1, 0.15) is 249 Å². The molecule has 2 aliphatic carbocycles. The Balaban J connectivity index is 0.881. The molecule has 4 nitrogen and oxygen atoms in total. The molecule has 0 atom stereocenters. The standard InChI is InChI=1S/C92H96N4S7/c1-5-9-13-17-21-25-30-61-36-44-65(45-37-61)91(66-46-38-62(39-47-66)31-26-22-18-14-10-6-2)74-59-73-75(58-72(74)87-82(91)89-79(99-87)56-57-97-89)92(67-48-40-63(41-49-67)32-27-23-19-15-11-7-3,68-50-42-64(43-51-68)33-28-24-20-16-12-8-4)83-88(73)101-81-60-80(100-90(81)83)71-53-52-70(85-86(71)96-103-95-85)78-55-54-77(98-78)69-34-29-35-76-84(69)94-102-93-76/h29,34-60H,5-28,30-33H2,1-4H3. The minimum Gasteiger partial charge on any atom is -0.173 e. The van der Waals surface area contributed by atoms with Gasteiger partial charge in [-0.1, -0.05) is 277 Å². The van der Waals surface area contributed by atoms with E-state index in [1.165, 1.54) is 299 Å². The van der Waals surface area contributed by atoms with Crippen molar-refractivity contribution in [3.63, 3.8) is 0 Å². The third kappa shape index (κ3) is 13.5. The van der Waals surface area contributed by atoms with Gasteiger partial charge in [0.1, 0.15) is 22.1 Å². The van der Waals surface area contributed by atoms with Crippen molar-refractivity contribution in [2.75, 3.05) is 0 Å². The van der Waals surface area contributed by atoms with Crippen LogP contribution < -0.4 is 0 Å². The number of aromatic nitrogens is 4. The molecule has 0 saturated heterocycles. The second-order valence-corrected chi connectivity index (χ2v) is 35.8. The van der Waals surface area contributed by atoms with Crippen LogP contribution in [-0.4, -0.2) is 17.5 Å². The lowest BCUT2D eigenvalue weighted by Crippen LogP contribution is -2.30. The molecule has 0 amide bonds. The number of nitrogens with zero attached hydrogens (tertiary/aromatic N) is 4. The van der Waals surface area contributed by atoms with Gasteiger partial charge >= 0.3 is 0 Å². The highest BCUT2D eigenvalue weighted by Crippen LogP contribution is 2.68. The highest BCUT2D eigenvalue weighted by molar-refractivity contribution is 7.31. The summed E-state index contributed by atoms with van der Waals surface area (Å²) in [6.07, 6.45) is 35.6. The van der Waals surface area contributed by atoms with Crippen LogP contribution in [0.15, 0.2) is 169 Å². The summed E-state index contributed by atoms with van der Waals surface area (Å²) in [5, 5.41) is 2.35. The lowest BCUT2D eigenvalue weighted by Gasteiger charge is -2.36. The van der Waals surface area contributed by atoms with Crippen molar-refractivity contribution in [1.82, 2.24) is 17.5 Å². The van der Waals surface area contributed by atoms with Crippen LogP contribution in [-0.2, 0) is 36.5 Å². The van der Waals surface area contributed by atoms with Crippen molar-refractivity contribution in [2.24, 2.45) is 0 Å². The van der Waals surface area contributed by atoms with Crippen LogP contribution in [0.3, 0.4) is 0 Å². The summed E-state index contributed by atoms with van der Waals surface area (Å²) in [5.74, 6) is 0. The van der Waals surface area contributed by atoms with Gasteiger partial charge in [-0.25, -0.2) is 0 Å². The Morgan fingerprint density at radius 2 is 0.689 bits per heavy atom. The van der Waals surface area contributed by atoms with Crippen LogP contribution >= 0.6 is 80.1 Å². The predicted octanol–water partition coefficient (Wildman–Crippen LogP) is 29.6. The fourth-order valence-electron chi connectivity index (χ4n) is 17.3. The van der Waals surface area contributed by atoms with Gasteiger partial charge in [-0.15, -0.1) is 56.7 Å². The zero-order valence-electron chi connectivity index (χ0n) is 60.6. The van der Waals surface area contributed by atoms with E-state index < -0.39 is 10.8 Å². The first-order valence-corrected chi connectivity index (χ1v) is 44.8. The van der Waals surface area contributed by atoms with E-state index >= 15 is 0 Å². The molecule has 14 aromatic rings. The van der Waals surface area contributed by atoms with E-state index in [9.17, 15) is 0 Å². The number of thiophene rings is 5. The number of hydrogen-bond donors (Lipinski definition) is 0. The number of aryl methyl sites for hydroxylation is 4. The second kappa shape index (κ2) is 32.1. The fourth-order valence-corrected chi connectivity index (χ4v) is 24.8. The summed E-state index contributed by atoms with van der Waals surface area (Å²) in [4.78, 5) is 6.42. The zero-order valence-corrected chi connectivity index (χ0v) is 66.3. The summed E-state index contributed by atoms with van der Waals surface area (Å²) < 4.78 is 25.1. The first kappa shape index (κ1) is 70.5. The number of rotatable bonds is 35. The van der Waals surface area contributed by atoms with Crippen molar-refractivity contribution in [2.45, 2.75) is 218 Å². The smallest absolute Gasteiger partial charge is 0.114 e. The van der Waals surface area contributed by atoms with Crippen LogP contribution in [0.25, 0.3) is 93.1 Å². The zero-order chi connectivity index (χ0) is 69.7. The molecular formula is C92H96N4S7. The second-order valence-electron chi connectivity index (χ2n) is 29.6. The maximum absolute atomic E-state index is 5.18.